The van der Waals surface area contributed by atoms with Gasteiger partial charge in [-0.2, -0.15) is 0 Å². The molecule has 0 bridgehead atoms. The summed E-state index contributed by atoms with van der Waals surface area (Å²) in [5.41, 5.74) is 6.91. The zero-order valence-electron chi connectivity index (χ0n) is 7.00. The lowest BCUT2D eigenvalue weighted by Crippen LogP contribution is -1.92. The molecule has 0 fully saturated rings. The van der Waals surface area contributed by atoms with Crippen LogP contribution in [0.4, 0.5) is 5.69 Å². The van der Waals surface area contributed by atoms with Crippen molar-refractivity contribution in [1.29, 1.82) is 0 Å². The van der Waals surface area contributed by atoms with Gasteiger partial charge in [0.2, 0.25) is 0 Å². The molecule has 0 amide bonds. The molecule has 3 nitrogen and oxygen atoms in total. The van der Waals surface area contributed by atoms with Crippen molar-refractivity contribution < 1.29 is 9.90 Å². The Labute approximate surface area is 97.9 Å². The van der Waals surface area contributed by atoms with Crippen LogP contribution >= 0.6 is 31.9 Å². The third kappa shape index (κ3) is 2.85. The number of hydrogen-bond acceptors (Lipinski definition) is 2. The Morgan fingerprint density at radius 3 is 2.64 bits per heavy atom. The van der Waals surface area contributed by atoms with Gasteiger partial charge in [-0.25, -0.2) is 4.79 Å². The number of hydrogen-bond donors (Lipinski definition) is 2. The summed E-state index contributed by atoms with van der Waals surface area (Å²) >= 11 is 6.55. The monoisotopic (exact) mass is 319 g/mol. The predicted molar refractivity (Wildman–Crippen MR) is 62.9 cm³/mol. The summed E-state index contributed by atoms with van der Waals surface area (Å²) in [5, 5.41) is 8.45. The van der Waals surface area contributed by atoms with E-state index in [4.69, 9.17) is 10.8 Å². The second kappa shape index (κ2) is 4.61. The summed E-state index contributed by atoms with van der Waals surface area (Å²) in [6.45, 7) is 0. The van der Waals surface area contributed by atoms with Crippen molar-refractivity contribution >= 4 is 49.6 Å². The molecular formula is C9H7Br2NO2. The molecule has 5 heteroatoms. The van der Waals surface area contributed by atoms with Crippen molar-refractivity contribution in [2.45, 2.75) is 0 Å². The van der Waals surface area contributed by atoms with Gasteiger partial charge in [0.1, 0.15) is 0 Å². The number of rotatable bonds is 2. The van der Waals surface area contributed by atoms with Crippen molar-refractivity contribution in [2.24, 2.45) is 0 Å². The smallest absolute Gasteiger partial charge is 0.328 e. The highest BCUT2D eigenvalue weighted by atomic mass is 79.9. The fraction of sp³-hybridized carbons (Fsp3) is 0. The van der Waals surface area contributed by atoms with E-state index in [-0.39, 0.29) is 0 Å². The highest BCUT2D eigenvalue weighted by Crippen LogP contribution is 2.28. The van der Waals surface area contributed by atoms with Crippen LogP contribution in [0, 0.1) is 0 Å². The molecular weight excluding hydrogens is 314 g/mol. The van der Waals surface area contributed by atoms with Crippen LogP contribution in [-0.2, 0) is 4.79 Å². The largest absolute Gasteiger partial charge is 0.478 e. The van der Waals surface area contributed by atoms with E-state index < -0.39 is 5.97 Å². The number of halogens is 2. The maximum absolute atomic E-state index is 10.3. The molecule has 0 radical (unpaired) electrons. The first-order valence-electron chi connectivity index (χ1n) is 3.66. The van der Waals surface area contributed by atoms with Gasteiger partial charge >= 0.3 is 5.97 Å². The molecule has 0 atom stereocenters. The Morgan fingerprint density at radius 2 is 2.07 bits per heavy atom. The Kier molecular flexibility index (Phi) is 3.71. The molecule has 0 heterocycles. The average molecular weight is 321 g/mol. The van der Waals surface area contributed by atoms with Crippen LogP contribution in [0.25, 0.3) is 6.08 Å². The van der Waals surface area contributed by atoms with Crippen LogP contribution in [0.5, 0.6) is 0 Å². The average Bonchev–Trinajstić information content (AvgIpc) is 2.08. The van der Waals surface area contributed by atoms with Gasteiger partial charge in [0.15, 0.2) is 0 Å². The fourth-order valence-corrected chi connectivity index (χ4v) is 2.16. The Bertz CT molecular complexity index is 402. The Balaban J connectivity index is 3.14. The molecule has 1 aromatic carbocycles. The maximum atomic E-state index is 10.3. The van der Waals surface area contributed by atoms with Gasteiger partial charge in [-0.05, 0) is 39.7 Å². The molecule has 1 rings (SSSR count). The minimum Gasteiger partial charge on any atom is -0.478 e. The molecule has 0 saturated carbocycles. The summed E-state index contributed by atoms with van der Waals surface area (Å²) in [4.78, 5) is 10.3. The molecule has 14 heavy (non-hydrogen) atoms. The van der Waals surface area contributed by atoms with Crippen molar-refractivity contribution in [1.82, 2.24) is 0 Å². The molecule has 0 aliphatic rings. The number of nitrogens with two attached hydrogens (primary N) is 1. The normalized spacial score (nSPS) is 10.7. The van der Waals surface area contributed by atoms with Gasteiger partial charge in [-0.1, -0.05) is 15.9 Å². The van der Waals surface area contributed by atoms with E-state index in [0.29, 0.717) is 11.3 Å². The van der Waals surface area contributed by atoms with E-state index >= 15 is 0 Å². The zero-order chi connectivity index (χ0) is 10.7. The van der Waals surface area contributed by atoms with Crippen LogP contribution in [0.1, 0.15) is 5.56 Å². The van der Waals surface area contributed by atoms with Crippen molar-refractivity contribution in [3.05, 3.63) is 32.7 Å². The van der Waals surface area contributed by atoms with Crippen molar-refractivity contribution in [3.8, 4) is 0 Å². The Hall–Kier alpha value is -0.810. The summed E-state index contributed by atoms with van der Waals surface area (Å²) in [6, 6.07) is 3.55. The van der Waals surface area contributed by atoms with Crippen LogP contribution < -0.4 is 5.73 Å². The predicted octanol–water partition coefficient (Wildman–Crippen LogP) is 2.89. The number of carbonyl (C=O) groups is 1. The summed E-state index contributed by atoms with van der Waals surface area (Å²) in [5.74, 6) is -1.000. The first kappa shape index (κ1) is 11.3. The van der Waals surface area contributed by atoms with E-state index in [9.17, 15) is 4.79 Å². The lowest BCUT2D eigenvalue weighted by molar-refractivity contribution is -0.131. The van der Waals surface area contributed by atoms with E-state index in [1.165, 1.54) is 6.08 Å². The number of carboxylic acid groups (broad SMARTS) is 1. The van der Waals surface area contributed by atoms with Crippen molar-refractivity contribution in [2.75, 3.05) is 5.73 Å². The van der Waals surface area contributed by atoms with Gasteiger partial charge in [-0.3, -0.25) is 0 Å². The van der Waals surface area contributed by atoms with Gasteiger partial charge < -0.3 is 10.8 Å². The first-order valence-corrected chi connectivity index (χ1v) is 5.25. The second-order valence-electron chi connectivity index (χ2n) is 2.56. The van der Waals surface area contributed by atoms with E-state index in [2.05, 4.69) is 31.9 Å². The first-order chi connectivity index (χ1) is 6.50. The van der Waals surface area contributed by atoms with E-state index in [1.807, 2.05) is 0 Å². The third-order valence-electron chi connectivity index (χ3n) is 1.53. The molecule has 0 spiro atoms. The van der Waals surface area contributed by atoms with E-state index in [0.717, 1.165) is 15.0 Å². The molecule has 3 N–H and O–H groups in total. The van der Waals surface area contributed by atoms with Gasteiger partial charge in [-0.15, -0.1) is 0 Å². The minimum atomic E-state index is -1.000. The third-order valence-corrected chi connectivity index (χ3v) is 2.65. The van der Waals surface area contributed by atoms with Gasteiger partial charge in [0.25, 0.3) is 0 Å². The minimum absolute atomic E-state index is 0.519. The fourth-order valence-electron chi connectivity index (χ4n) is 0.904. The lowest BCUT2D eigenvalue weighted by atomic mass is 10.1. The number of carboxylic acids is 1. The van der Waals surface area contributed by atoms with Crippen LogP contribution in [0.2, 0.25) is 0 Å². The molecule has 1 aromatic rings. The topological polar surface area (TPSA) is 63.3 Å². The maximum Gasteiger partial charge on any atom is 0.328 e. The van der Waals surface area contributed by atoms with Crippen LogP contribution in [0.3, 0.4) is 0 Å². The highest BCUT2D eigenvalue weighted by Gasteiger charge is 2.02. The molecule has 0 aromatic heterocycles. The molecule has 0 unspecified atom stereocenters. The summed E-state index contributed by atoms with van der Waals surface area (Å²) < 4.78 is 1.57. The number of anilines is 1. The van der Waals surface area contributed by atoms with E-state index in [1.54, 1.807) is 12.1 Å². The van der Waals surface area contributed by atoms with Gasteiger partial charge in [0, 0.05) is 15.0 Å². The molecule has 0 aliphatic carbocycles. The molecule has 74 valence electrons. The van der Waals surface area contributed by atoms with Crippen LogP contribution in [0.15, 0.2) is 27.2 Å². The van der Waals surface area contributed by atoms with Gasteiger partial charge in [0.05, 0.1) is 5.69 Å². The van der Waals surface area contributed by atoms with Crippen molar-refractivity contribution in [3.63, 3.8) is 0 Å². The lowest BCUT2D eigenvalue weighted by Gasteiger charge is -2.03. The second-order valence-corrected chi connectivity index (χ2v) is 4.33. The quantitative estimate of drug-likeness (QED) is 0.650. The molecule has 0 saturated heterocycles. The summed E-state index contributed by atoms with van der Waals surface area (Å²) in [6.07, 6.45) is 2.50. The number of aliphatic carboxylic acids is 1. The standard InChI is InChI=1S/C9H7Br2NO2/c10-6-3-5(1-2-8(13)14)9(12)7(11)4-6/h1-4H,12H2,(H,13,14)/b2-1+. The zero-order valence-corrected chi connectivity index (χ0v) is 10.2. The highest BCUT2D eigenvalue weighted by molar-refractivity contribution is 9.11. The molecule has 0 aliphatic heterocycles. The summed E-state index contributed by atoms with van der Waals surface area (Å²) in [7, 11) is 0. The van der Waals surface area contributed by atoms with Crippen LogP contribution in [-0.4, -0.2) is 11.1 Å². The Morgan fingerprint density at radius 1 is 1.43 bits per heavy atom. The number of benzene rings is 1. The SMILES string of the molecule is Nc1c(Br)cc(Br)cc1/C=C/C(=O)O. The number of nitrogen functional groups attached to an aromatic ring is 1.